The second kappa shape index (κ2) is 7.92. The molecule has 0 aliphatic rings. The molecule has 0 fully saturated rings. The molecule has 1 heterocycles. The zero-order chi connectivity index (χ0) is 11.8. The lowest BCUT2D eigenvalue weighted by molar-refractivity contribution is -0.118. The summed E-state index contributed by atoms with van der Waals surface area (Å²) in [5.41, 5.74) is 0. The molecule has 0 radical (unpaired) electrons. The molecule has 0 bridgehead atoms. The highest BCUT2D eigenvalue weighted by Crippen LogP contribution is 2.26. The van der Waals surface area contributed by atoms with Gasteiger partial charge in [-0.15, -0.1) is 10.2 Å². The third-order valence-electron chi connectivity index (χ3n) is 1.74. The lowest BCUT2D eigenvalue weighted by Gasteiger charge is -2.01. The highest BCUT2D eigenvalue weighted by Gasteiger charge is 2.06. The molecule has 0 aromatic carbocycles. The van der Waals surface area contributed by atoms with Crippen LogP contribution in [0.25, 0.3) is 0 Å². The van der Waals surface area contributed by atoms with Gasteiger partial charge >= 0.3 is 0 Å². The predicted octanol–water partition coefficient (Wildman–Crippen LogP) is 2.27. The number of carbonyl (C=O) groups is 1. The highest BCUT2D eigenvalue weighted by atomic mass is 32.2. The fourth-order valence-corrected chi connectivity index (χ4v) is 3.19. The van der Waals surface area contributed by atoms with Crippen molar-refractivity contribution in [3.05, 3.63) is 0 Å². The van der Waals surface area contributed by atoms with Crippen molar-refractivity contribution < 1.29 is 4.79 Å². The highest BCUT2D eigenvalue weighted by molar-refractivity contribution is 8.03. The Morgan fingerprint density at radius 1 is 1.44 bits per heavy atom. The Balaban J connectivity index is 2.20. The summed E-state index contributed by atoms with van der Waals surface area (Å²) < 4.78 is 1.80. The maximum atomic E-state index is 11.4. The Kier molecular flexibility index (Phi) is 6.82. The molecule has 0 aliphatic heterocycles. The first-order chi connectivity index (χ1) is 7.76. The monoisotopic (exact) mass is 277 g/mol. The van der Waals surface area contributed by atoms with Gasteiger partial charge in [0.1, 0.15) is 0 Å². The van der Waals surface area contributed by atoms with Gasteiger partial charge in [-0.25, -0.2) is 0 Å². The number of amides is 1. The molecule has 1 amide bonds. The Morgan fingerprint density at radius 2 is 2.19 bits per heavy atom. The van der Waals surface area contributed by atoms with Crippen molar-refractivity contribution in [1.29, 1.82) is 0 Å². The summed E-state index contributed by atoms with van der Waals surface area (Å²) in [4.78, 5) is 11.4. The molecule has 0 aliphatic carbocycles. The molecule has 0 saturated carbocycles. The van der Waals surface area contributed by atoms with Crippen molar-refractivity contribution in [3.63, 3.8) is 0 Å². The fourth-order valence-electron chi connectivity index (χ4n) is 0.921. The molecule has 1 rings (SSSR count). The number of hydrogen-bond donors (Lipinski definition) is 1. The minimum Gasteiger partial charge on any atom is -0.355 e. The van der Waals surface area contributed by atoms with Gasteiger partial charge in [0, 0.05) is 6.54 Å². The Bertz CT molecular complexity index is 330. The lowest BCUT2D eigenvalue weighted by atomic mass is 10.3. The van der Waals surface area contributed by atoms with E-state index in [9.17, 15) is 4.79 Å². The van der Waals surface area contributed by atoms with Gasteiger partial charge < -0.3 is 5.32 Å². The number of thioether (sulfide) groups is 2. The molecular formula is C9H15N3OS3. The zero-order valence-electron chi connectivity index (χ0n) is 9.36. The maximum Gasteiger partial charge on any atom is 0.230 e. The SMILES string of the molecule is CCCCNC(=O)CSc1nnc(SC)s1. The Morgan fingerprint density at radius 3 is 2.81 bits per heavy atom. The molecule has 0 unspecified atom stereocenters. The standard InChI is InChI=1S/C9H15N3OS3/c1-3-4-5-10-7(13)6-15-9-12-11-8(14-2)16-9/h3-6H2,1-2H3,(H,10,13). The number of rotatable bonds is 7. The zero-order valence-corrected chi connectivity index (χ0v) is 11.8. The summed E-state index contributed by atoms with van der Waals surface area (Å²) in [5, 5.41) is 10.8. The summed E-state index contributed by atoms with van der Waals surface area (Å²) in [5.74, 6) is 0.492. The van der Waals surface area contributed by atoms with Crippen LogP contribution >= 0.6 is 34.9 Å². The van der Waals surface area contributed by atoms with E-state index in [0.29, 0.717) is 5.75 Å². The van der Waals surface area contributed by atoms with Crippen LogP contribution in [0.15, 0.2) is 8.68 Å². The van der Waals surface area contributed by atoms with Crippen LogP contribution in [0.5, 0.6) is 0 Å². The van der Waals surface area contributed by atoms with Gasteiger partial charge in [0.05, 0.1) is 5.75 Å². The average molecular weight is 277 g/mol. The van der Waals surface area contributed by atoms with Crippen LogP contribution in [0.4, 0.5) is 0 Å². The first-order valence-corrected chi connectivity index (χ1v) is 8.06. The first-order valence-electron chi connectivity index (χ1n) is 5.03. The van der Waals surface area contributed by atoms with E-state index < -0.39 is 0 Å². The van der Waals surface area contributed by atoms with Crippen molar-refractivity contribution >= 4 is 40.8 Å². The van der Waals surface area contributed by atoms with Crippen LogP contribution in [0.3, 0.4) is 0 Å². The van der Waals surface area contributed by atoms with E-state index in [-0.39, 0.29) is 5.91 Å². The quantitative estimate of drug-likeness (QED) is 0.612. The predicted molar refractivity (Wildman–Crippen MR) is 70.3 cm³/mol. The first kappa shape index (κ1) is 13.8. The lowest BCUT2D eigenvalue weighted by Crippen LogP contribution is -2.25. The third-order valence-corrected chi connectivity index (χ3v) is 4.77. The van der Waals surface area contributed by atoms with Crippen molar-refractivity contribution in [1.82, 2.24) is 15.5 Å². The van der Waals surface area contributed by atoms with Gasteiger partial charge in [-0.3, -0.25) is 4.79 Å². The molecule has 0 saturated heterocycles. The Hall–Kier alpha value is -0.270. The van der Waals surface area contributed by atoms with Gasteiger partial charge in [0.2, 0.25) is 5.91 Å². The van der Waals surface area contributed by atoms with Crippen LogP contribution in [0.1, 0.15) is 19.8 Å². The topological polar surface area (TPSA) is 54.9 Å². The average Bonchev–Trinajstić information content (AvgIpc) is 2.74. The van der Waals surface area contributed by atoms with Crippen LogP contribution in [0.2, 0.25) is 0 Å². The molecule has 0 spiro atoms. The molecular weight excluding hydrogens is 262 g/mol. The summed E-state index contributed by atoms with van der Waals surface area (Å²) in [6.45, 7) is 2.87. The van der Waals surface area contributed by atoms with Gasteiger partial charge in [-0.05, 0) is 12.7 Å². The largest absolute Gasteiger partial charge is 0.355 e. The van der Waals surface area contributed by atoms with Crippen LogP contribution in [-0.4, -0.2) is 34.7 Å². The number of hydrogen-bond acceptors (Lipinski definition) is 6. The van der Waals surface area contributed by atoms with E-state index in [4.69, 9.17) is 0 Å². The minimum atomic E-state index is 0.0688. The number of carbonyl (C=O) groups excluding carboxylic acids is 1. The normalized spacial score (nSPS) is 10.4. The van der Waals surface area contributed by atoms with Gasteiger partial charge in [0.15, 0.2) is 8.68 Å². The molecule has 1 aromatic rings. The fraction of sp³-hybridized carbons (Fsp3) is 0.667. The Labute approximate surface area is 108 Å². The van der Waals surface area contributed by atoms with E-state index in [0.717, 1.165) is 28.1 Å². The smallest absolute Gasteiger partial charge is 0.230 e. The van der Waals surface area contributed by atoms with Crippen molar-refractivity contribution in [2.45, 2.75) is 28.4 Å². The third kappa shape index (κ3) is 5.18. The second-order valence-electron chi connectivity index (χ2n) is 3.03. The van der Waals surface area contributed by atoms with E-state index in [1.54, 1.807) is 11.8 Å². The summed E-state index contributed by atoms with van der Waals surface area (Å²) >= 11 is 4.54. The molecule has 1 N–H and O–H groups in total. The van der Waals surface area contributed by atoms with Crippen molar-refractivity contribution in [2.24, 2.45) is 0 Å². The number of nitrogens with zero attached hydrogens (tertiary/aromatic N) is 2. The molecule has 90 valence electrons. The number of aromatic nitrogens is 2. The van der Waals surface area contributed by atoms with E-state index in [1.807, 2.05) is 6.26 Å². The van der Waals surface area contributed by atoms with Crippen molar-refractivity contribution in [3.8, 4) is 0 Å². The van der Waals surface area contributed by atoms with Crippen molar-refractivity contribution in [2.75, 3.05) is 18.6 Å². The summed E-state index contributed by atoms with van der Waals surface area (Å²) in [6, 6.07) is 0. The molecule has 4 nitrogen and oxygen atoms in total. The van der Waals surface area contributed by atoms with E-state index in [1.165, 1.54) is 23.1 Å². The second-order valence-corrected chi connectivity index (χ2v) is 6.28. The number of unbranched alkanes of at least 4 members (excludes halogenated alkanes) is 1. The van der Waals surface area contributed by atoms with Crippen LogP contribution in [-0.2, 0) is 4.79 Å². The number of nitrogens with one attached hydrogen (secondary N) is 1. The van der Waals surface area contributed by atoms with Crippen LogP contribution in [0, 0.1) is 0 Å². The maximum absolute atomic E-state index is 11.4. The molecule has 7 heteroatoms. The van der Waals surface area contributed by atoms with Gasteiger partial charge in [0.25, 0.3) is 0 Å². The molecule has 1 aromatic heterocycles. The molecule has 0 atom stereocenters. The van der Waals surface area contributed by atoms with E-state index in [2.05, 4.69) is 22.4 Å². The minimum absolute atomic E-state index is 0.0688. The van der Waals surface area contributed by atoms with Crippen LogP contribution < -0.4 is 5.32 Å². The van der Waals surface area contributed by atoms with E-state index >= 15 is 0 Å². The van der Waals surface area contributed by atoms with Gasteiger partial charge in [-0.1, -0.05) is 48.2 Å². The summed E-state index contributed by atoms with van der Waals surface area (Å²) in [7, 11) is 0. The summed E-state index contributed by atoms with van der Waals surface area (Å²) in [6.07, 6.45) is 4.10. The molecule has 16 heavy (non-hydrogen) atoms. The van der Waals surface area contributed by atoms with Gasteiger partial charge in [-0.2, -0.15) is 0 Å².